The number of rotatable bonds is 8. The van der Waals surface area contributed by atoms with Crippen LogP contribution in [-0.4, -0.2) is 5.54 Å². The van der Waals surface area contributed by atoms with Crippen molar-refractivity contribution in [1.29, 1.82) is 0 Å². The molecule has 2 rings (SSSR count). The maximum atomic E-state index is 7.06. The maximum Gasteiger partial charge on any atom is 0.0249 e. The third-order valence-corrected chi connectivity index (χ3v) is 6.34. The van der Waals surface area contributed by atoms with E-state index in [0.29, 0.717) is 0 Å². The van der Waals surface area contributed by atoms with Gasteiger partial charge in [0.05, 0.1) is 0 Å². The SMILES string of the molecule is CCC(N)(CCC1CCC1)C(CC)(CC)c1ccccc1. The van der Waals surface area contributed by atoms with Gasteiger partial charge >= 0.3 is 0 Å². The molecular weight excluding hydrogens is 254 g/mol. The molecule has 0 spiro atoms. The molecule has 1 unspecified atom stereocenters. The second kappa shape index (κ2) is 6.96. The largest absolute Gasteiger partial charge is 0.324 e. The van der Waals surface area contributed by atoms with Crippen LogP contribution in [0.2, 0.25) is 0 Å². The quantitative estimate of drug-likeness (QED) is 0.677. The third-order valence-electron chi connectivity index (χ3n) is 6.34. The summed E-state index contributed by atoms with van der Waals surface area (Å²) in [7, 11) is 0. The summed E-state index contributed by atoms with van der Waals surface area (Å²) in [6.45, 7) is 6.91. The highest BCUT2D eigenvalue weighted by Gasteiger charge is 2.46. The lowest BCUT2D eigenvalue weighted by molar-refractivity contribution is 0.152. The molecule has 21 heavy (non-hydrogen) atoms. The fraction of sp³-hybridized carbons (Fsp3) is 0.700. The van der Waals surface area contributed by atoms with Crippen molar-refractivity contribution >= 4 is 0 Å². The zero-order valence-electron chi connectivity index (χ0n) is 14.2. The topological polar surface area (TPSA) is 26.0 Å². The first-order valence-electron chi connectivity index (χ1n) is 8.96. The molecule has 1 aliphatic carbocycles. The van der Waals surface area contributed by atoms with Gasteiger partial charge in [0.1, 0.15) is 0 Å². The third kappa shape index (κ3) is 3.04. The van der Waals surface area contributed by atoms with Gasteiger partial charge in [0, 0.05) is 11.0 Å². The van der Waals surface area contributed by atoms with E-state index in [0.717, 1.165) is 25.2 Å². The molecule has 0 aromatic heterocycles. The van der Waals surface area contributed by atoms with Crippen molar-refractivity contribution in [2.45, 2.75) is 83.1 Å². The Labute approximate surface area is 131 Å². The van der Waals surface area contributed by atoms with E-state index in [2.05, 4.69) is 51.1 Å². The molecule has 1 atom stereocenters. The summed E-state index contributed by atoms with van der Waals surface area (Å²) in [4.78, 5) is 0. The molecule has 0 radical (unpaired) electrons. The Morgan fingerprint density at radius 1 is 1.00 bits per heavy atom. The van der Waals surface area contributed by atoms with E-state index in [-0.39, 0.29) is 11.0 Å². The van der Waals surface area contributed by atoms with Crippen LogP contribution in [0.1, 0.15) is 77.7 Å². The van der Waals surface area contributed by atoms with Gasteiger partial charge in [-0.15, -0.1) is 0 Å². The number of nitrogens with two attached hydrogens (primary N) is 1. The smallest absolute Gasteiger partial charge is 0.0249 e. The van der Waals surface area contributed by atoms with Crippen LogP contribution in [0.3, 0.4) is 0 Å². The van der Waals surface area contributed by atoms with E-state index in [9.17, 15) is 0 Å². The predicted molar refractivity (Wildman–Crippen MR) is 92.5 cm³/mol. The van der Waals surface area contributed by atoms with E-state index in [1.54, 1.807) is 0 Å². The Hall–Kier alpha value is -0.820. The molecule has 1 saturated carbocycles. The molecular formula is C20H33N. The summed E-state index contributed by atoms with van der Waals surface area (Å²) in [6.07, 6.45) is 10.1. The van der Waals surface area contributed by atoms with Crippen molar-refractivity contribution in [2.75, 3.05) is 0 Å². The second-order valence-electron chi connectivity index (χ2n) is 7.00. The van der Waals surface area contributed by atoms with Crippen molar-refractivity contribution in [3.63, 3.8) is 0 Å². The van der Waals surface area contributed by atoms with Crippen LogP contribution < -0.4 is 5.73 Å². The molecule has 1 heteroatoms. The van der Waals surface area contributed by atoms with Crippen LogP contribution >= 0.6 is 0 Å². The van der Waals surface area contributed by atoms with E-state index in [1.807, 2.05) is 0 Å². The standard InChI is InChI=1S/C20H33N/c1-4-19(5-2,18-13-8-7-9-14-18)20(21,6-3)16-15-17-11-10-12-17/h7-9,13-14,17H,4-6,10-12,15-16,21H2,1-3H3. The summed E-state index contributed by atoms with van der Waals surface area (Å²) in [5.41, 5.74) is 8.54. The van der Waals surface area contributed by atoms with Gasteiger partial charge in [-0.2, -0.15) is 0 Å². The number of hydrogen-bond donors (Lipinski definition) is 1. The van der Waals surface area contributed by atoms with Crippen LogP contribution in [0.15, 0.2) is 30.3 Å². The van der Waals surface area contributed by atoms with Crippen molar-refractivity contribution < 1.29 is 0 Å². The molecule has 0 aliphatic heterocycles. The first-order valence-corrected chi connectivity index (χ1v) is 8.96. The van der Waals surface area contributed by atoms with Gasteiger partial charge in [0.2, 0.25) is 0 Å². The average molecular weight is 287 g/mol. The molecule has 0 saturated heterocycles. The lowest BCUT2D eigenvalue weighted by atomic mass is 9.59. The van der Waals surface area contributed by atoms with E-state index >= 15 is 0 Å². The van der Waals surface area contributed by atoms with Gasteiger partial charge in [-0.1, -0.05) is 70.4 Å². The Balaban J connectivity index is 2.27. The summed E-state index contributed by atoms with van der Waals surface area (Å²) in [5, 5.41) is 0. The first-order chi connectivity index (χ1) is 10.1. The normalized spacial score (nSPS) is 19.0. The zero-order valence-corrected chi connectivity index (χ0v) is 14.2. The van der Waals surface area contributed by atoms with E-state index in [4.69, 9.17) is 5.73 Å². The van der Waals surface area contributed by atoms with Crippen LogP contribution in [0.4, 0.5) is 0 Å². The monoisotopic (exact) mass is 287 g/mol. The molecule has 0 amide bonds. The minimum absolute atomic E-state index is 0.0759. The van der Waals surface area contributed by atoms with Crippen LogP contribution in [0.5, 0.6) is 0 Å². The molecule has 1 aromatic rings. The van der Waals surface area contributed by atoms with Crippen molar-refractivity contribution in [3.05, 3.63) is 35.9 Å². The highest BCUT2D eigenvalue weighted by Crippen LogP contribution is 2.46. The van der Waals surface area contributed by atoms with Gasteiger partial charge in [-0.25, -0.2) is 0 Å². The Morgan fingerprint density at radius 2 is 1.62 bits per heavy atom. The van der Waals surface area contributed by atoms with E-state index < -0.39 is 0 Å². The first kappa shape index (κ1) is 16.5. The lowest BCUT2D eigenvalue weighted by Crippen LogP contribution is -2.57. The molecule has 0 bridgehead atoms. The molecule has 1 nitrogen and oxygen atoms in total. The number of hydrogen-bond acceptors (Lipinski definition) is 1. The molecule has 118 valence electrons. The summed E-state index contributed by atoms with van der Waals surface area (Å²) in [6, 6.07) is 11.0. The maximum absolute atomic E-state index is 7.06. The predicted octanol–water partition coefficient (Wildman–Crippen LogP) is 5.43. The highest BCUT2D eigenvalue weighted by molar-refractivity contribution is 5.30. The summed E-state index contributed by atoms with van der Waals surface area (Å²) >= 11 is 0. The summed E-state index contributed by atoms with van der Waals surface area (Å²) < 4.78 is 0. The van der Waals surface area contributed by atoms with Gasteiger partial charge in [0.25, 0.3) is 0 Å². The average Bonchev–Trinajstić information content (AvgIpc) is 2.48. The molecule has 1 fully saturated rings. The lowest BCUT2D eigenvalue weighted by Gasteiger charge is -2.49. The highest BCUT2D eigenvalue weighted by atomic mass is 14.8. The Bertz CT molecular complexity index is 417. The minimum Gasteiger partial charge on any atom is -0.324 e. The molecule has 1 aromatic carbocycles. The van der Waals surface area contributed by atoms with Gasteiger partial charge in [-0.3, -0.25) is 0 Å². The van der Waals surface area contributed by atoms with Crippen molar-refractivity contribution in [2.24, 2.45) is 11.7 Å². The second-order valence-corrected chi connectivity index (χ2v) is 7.00. The summed E-state index contributed by atoms with van der Waals surface area (Å²) in [5.74, 6) is 0.946. The fourth-order valence-electron chi connectivity index (χ4n) is 4.40. The minimum atomic E-state index is -0.0759. The fourth-order valence-corrected chi connectivity index (χ4v) is 4.40. The van der Waals surface area contributed by atoms with Crippen molar-refractivity contribution in [3.8, 4) is 0 Å². The van der Waals surface area contributed by atoms with Gasteiger partial charge in [0.15, 0.2) is 0 Å². The Morgan fingerprint density at radius 3 is 2.05 bits per heavy atom. The number of benzene rings is 1. The van der Waals surface area contributed by atoms with Crippen LogP contribution in [-0.2, 0) is 5.41 Å². The van der Waals surface area contributed by atoms with Gasteiger partial charge < -0.3 is 5.73 Å². The van der Waals surface area contributed by atoms with Crippen LogP contribution in [0.25, 0.3) is 0 Å². The van der Waals surface area contributed by atoms with E-state index in [1.165, 1.54) is 37.7 Å². The molecule has 2 N–H and O–H groups in total. The van der Waals surface area contributed by atoms with Crippen molar-refractivity contribution in [1.82, 2.24) is 0 Å². The van der Waals surface area contributed by atoms with Gasteiger partial charge in [-0.05, 0) is 43.6 Å². The molecule has 0 heterocycles. The van der Waals surface area contributed by atoms with Crippen LogP contribution in [0, 0.1) is 5.92 Å². The molecule has 1 aliphatic rings. The zero-order chi connectivity index (χ0) is 15.3. The Kier molecular flexibility index (Phi) is 5.48.